The van der Waals surface area contributed by atoms with E-state index in [4.69, 9.17) is 11.6 Å². The van der Waals surface area contributed by atoms with Crippen LogP contribution in [0.3, 0.4) is 0 Å². The quantitative estimate of drug-likeness (QED) is 0.915. The third-order valence-electron chi connectivity index (χ3n) is 3.83. The minimum Gasteiger partial charge on any atom is -0.349 e. The van der Waals surface area contributed by atoms with Gasteiger partial charge in [-0.15, -0.1) is 0 Å². The van der Waals surface area contributed by atoms with Gasteiger partial charge in [-0.3, -0.25) is 9.78 Å². The van der Waals surface area contributed by atoms with E-state index < -0.39 is 0 Å². The van der Waals surface area contributed by atoms with Gasteiger partial charge in [0.2, 0.25) is 0 Å². The van der Waals surface area contributed by atoms with E-state index in [0.29, 0.717) is 10.6 Å². The molecule has 0 bridgehead atoms. The summed E-state index contributed by atoms with van der Waals surface area (Å²) in [4.78, 5) is 16.6. The maximum atomic E-state index is 12.4. The minimum atomic E-state index is -0.0664. The Balaban J connectivity index is 1.77. The molecule has 1 fully saturated rings. The molecule has 22 heavy (non-hydrogen) atoms. The summed E-state index contributed by atoms with van der Waals surface area (Å²) >= 11 is 6.02. The van der Waals surface area contributed by atoms with E-state index in [2.05, 4.69) is 15.6 Å². The van der Waals surface area contributed by atoms with Crippen LogP contribution in [0.25, 0.3) is 11.1 Å². The lowest BCUT2D eigenvalue weighted by atomic mass is 10.0. The molecule has 0 unspecified atom stereocenters. The van der Waals surface area contributed by atoms with Crippen molar-refractivity contribution in [3.63, 3.8) is 0 Å². The number of hydrogen-bond donors (Lipinski definition) is 2. The van der Waals surface area contributed by atoms with Crippen LogP contribution in [-0.4, -0.2) is 30.0 Å². The van der Waals surface area contributed by atoms with E-state index in [-0.39, 0.29) is 11.9 Å². The van der Waals surface area contributed by atoms with Crippen LogP contribution in [-0.2, 0) is 0 Å². The van der Waals surface area contributed by atoms with E-state index in [0.717, 1.165) is 37.1 Å². The number of rotatable bonds is 3. The molecule has 0 aliphatic carbocycles. The molecule has 0 atom stereocenters. The van der Waals surface area contributed by atoms with Crippen LogP contribution in [0.2, 0.25) is 5.02 Å². The molecular weight excluding hydrogens is 298 g/mol. The van der Waals surface area contributed by atoms with Gasteiger partial charge >= 0.3 is 0 Å². The van der Waals surface area contributed by atoms with Gasteiger partial charge in [-0.1, -0.05) is 23.7 Å². The van der Waals surface area contributed by atoms with Crippen molar-refractivity contribution in [3.8, 4) is 11.1 Å². The molecule has 4 nitrogen and oxygen atoms in total. The Hall–Kier alpha value is -1.91. The molecule has 1 aromatic carbocycles. The SMILES string of the molecule is O=C(NC1CCNCC1)c1cncc(-c2cccc(Cl)c2)c1. The first-order valence-electron chi connectivity index (χ1n) is 7.45. The molecule has 2 aromatic rings. The van der Waals surface area contributed by atoms with Crippen molar-refractivity contribution in [2.24, 2.45) is 0 Å². The van der Waals surface area contributed by atoms with Gasteiger partial charge in [0.1, 0.15) is 0 Å². The number of carbonyl (C=O) groups excluding carboxylic acids is 1. The maximum Gasteiger partial charge on any atom is 0.253 e. The molecular formula is C17H18ClN3O. The molecule has 114 valence electrons. The fraction of sp³-hybridized carbons (Fsp3) is 0.294. The predicted molar refractivity (Wildman–Crippen MR) is 88.0 cm³/mol. The monoisotopic (exact) mass is 315 g/mol. The molecule has 0 radical (unpaired) electrons. The molecule has 1 aliphatic heterocycles. The van der Waals surface area contributed by atoms with Crippen molar-refractivity contribution in [2.75, 3.05) is 13.1 Å². The van der Waals surface area contributed by atoms with Crippen molar-refractivity contribution < 1.29 is 4.79 Å². The zero-order chi connectivity index (χ0) is 15.4. The lowest BCUT2D eigenvalue weighted by Gasteiger charge is -2.23. The summed E-state index contributed by atoms with van der Waals surface area (Å²) in [5.41, 5.74) is 2.42. The van der Waals surface area contributed by atoms with Crippen molar-refractivity contribution in [1.29, 1.82) is 0 Å². The van der Waals surface area contributed by atoms with E-state index in [1.807, 2.05) is 30.3 Å². The molecule has 3 rings (SSSR count). The summed E-state index contributed by atoms with van der Waals surface area (Å²) in [7, 11) is 0. The molecule has 2 heterocycles. The van der Waals surface area contributed by atoms with E-state index in [1.165, 1.54) is 0 Å². The smallest absolute Gasteiger partial charge is 0.253 e. The molecule has 1 aliphatic rings. The normalized spacial score (nSPS) is 15.5. The van der Waals surface area contributed by atoms with Crippen molar-refractivity contribution in [1.82, 2.24) is 15.6 Å². The number of halogens is 1. The second kappa shape index (κ2) is 6.90. The number of carbonyl (C=O) groups is 1. The third-order valence-corrected chi connectivity index (χ3v) is 4.07. The fourth-order valence-electron chi connectivity index (χ4n) is 2.63. The average Bonchev–Trinajstić information content (AvgIpc) is 2.56. The topological polar surface area (TPSA) is 54.0 Å². The van der Waals surface area contributed by atoms with E-state index in [1.54, 1.807) is 12.4 Å². The lowest BCUT2D eigenvalue weighted by molar-refractivity contribution is 0.0929. The highest BCUT2D eigenvalue weighted by atomic mass is 35.5. The summed E-state index contributed by atoms with van der Waals surface area (Å²) in [6.45, 7) is 1.90. The van der Waals surface area contributed by atoms with Crippen molar-refractivity contribution >= 4 is 17.5 Å². The Bertz CT molecular complexity index is 668. The van der Waals surface area contributed by atoms with Crippen LogP contribution in [0.1, 0.15) is 23.2 Å². The van der Waals surface area contributed by atoms with Crippen molar-refractivity contribution in [2.45, 2.75) is 18.9 Å². The first-order valence-corrected chi connectivity index (χ1v) is 7.83. The molecule has 2 N–H and O–H groups in total. The largest absolute Gasteiger partial charge is 0.349 e. The Labute approximate surface area is 134 Å². The standard InChI is InChI=1S/C17H18ClN3O/c18-15-3-1-2-12(9-15)13-8-14(11-20-10-13)17(22)21-16-4-6-19-7-5-16/h1-3,8-11,16,19H,4-7H2,(H,21,22). The van der Waals surface area contributed by atoms with Crippen LogP contribution in [0.4, 0.5) is 0 Å². The van der Waals surface area contributed by atoms with Crippen LogP contribution in [0, 0.1) is 0 Å². The number of pyridine rings is 1. The van der Waals surface area contributed by atoms with Gasteiger partial charge in [0.25, 0.3) is 5.91 Å². The number of hydrogen-bond acceptors (Lipinski definition) is 3. The molecule has 0 spiro atoms. The number of piperidine rings is 1. The van der Waals surface area contributed by atoms with E-state index in [9.17, 15) is 4.79 Å². The molecule has 1 saturated heterocycles. The Kier molecular flexibility index (Phi) is 4.71. The first-order chi connectivity index (χ1) is 10.7. The van der Waals surface area contributed by atoms with Crippen LogP contribution in [0.5, 0.6) is 0 Å². The first kappa shape index (κ1) is 15.0. The predicted octanol–water partition coefficient (Wildman–Crippen LogP) is 2.88. The number of benzene rings is 1. The summed E-state index contributed by atoms with van der Waals surface area (Å²) in [5.74, 6) is -0.0664. The van der Waals surface area contributed by atoms with Gasteiger partial charge in [0, 0.05) is 29.0 Å². The van der Waals surface area contributed by atoms with Gasteiger partial charge in [-0.2, -0.15) is 0 Å². The Morgan fingerprint density at radius 1 is 1.18 bits per heavy atom. The number of aromatic nitrogens is 1. The third kappa shape index (κ3) is 3.64. The number of nitrogens with zero attached hydrogens (tertiary/aromatic N) is 1. The van der Waals surface area contributed by atoms with Crippen LogP contribution >= 0.6 is 11.6 Å². The highest BCUT2D eigenvalue weighted by Crippen LogP contribution is 2.22. The Morgan fingerprint density at radius 2 is 2.00 bits per heavy atom. The second-order valence-corrected chi connectivity index (χ2v) is 5.91. The zero-order valence-corrected chi connectivity index (χ0v) is 12.9. The molecule has 0 saturated carbocycles. The average molecular weight is 316 g/mol. The molecule has 1 aromatic heterocycles. The van der Waals surface area contributed by atoms with Crippen molar-refractivity contribution in [3.05, 3.63) is 53.3 Å². The van der Waals surface area contributed by atoms with Gasteiger partial charge in [0.05, 0.1) is 5.56 Å². The number of amides is 1. The Morgan fingerprint density at radius 3 is 2.77 bits per heavy atom. The summed E-state index contributed by atoms with van der Waals surface area (Å²) in [5, 5.41) is 7.04. The van der Waals surface area contributed by atoms with Crippen LogP contribution < -0.4 is 10.6 Å². The zero-order valence-electron chi connectivity index (χ0n) is 12.2. The summed E-state index contributed by atoms with van der Waals surface area (Å²) in [6.07, 6.45) is 5.28. The van der Waals surface area contributed by atoms with Gasteiger partial charge in [0.15, 0.2) is 0 Å². The van der Waals surface area contributed by atoms with Gasteiger partial charge in [-0.05, 0) is 49.7 Å². The summed E-state index contributed by atoms with van der Waals surface area (Å²) in [6, 6.07) is 9.63. The van der Waals surface area contributed by atoms with Gasteiger partial charge < -0.3 is 10.6 Å². The summed E-state index contributed by atoms with van der Waals surface area (Å²) < 4.78 is 0. The van der Waals surface area contributed by atoms with Crippen LogP contribution in [0.15, 0.2) is 42.7 Å². The maximum absolute atomic E-state index is 12.4. The molecule has 5 heteroatoms. The highest BCUT2D eigenvalue weighted by Gasteiger charge is 2.16. The molecule has 1 amide bonds. The second-order valence-electron chi connectivity index (χ2n) is 5.47. The lowest BCUT2D eigenvalue weighted by Crippen LogP contribution is -2.42. The number of nitrogens with one attached hydrogen (secondary N) is 2. The fourth-order valence-corrected chi connectivity index (χ4v) is 2.82. The van der Waals surface area contributed by atoms with E-state index >= 15 is 0 Å². The highest BCUT2D eigenvalue weighted by molar-refractivity contribution is 6.30. The minimum absolute atomic E-state index is 0.0664. The van der Waals surface area contributed by atoms with Gasteiger partial charge in [-0.25, -0.2) is 0 Å².